The first-order chi connectivity index (χ1) is 9.61. The van der Waals surface area contributed by atoms with Crippen molar-refractivity contribution >= 4 is 11.6 Å². The topological polar surface area (TPSA) is 64.3 Å². The van der Waals surface area contributed by atoms with E-state index in [-0.39, 0.29) is 11.9 Å². The minimum absolute atomic E-state index is 0.0629. The van der Waals surface area contributed by atoms with Crippen LogP contribution in [0.4, 0.5) is 5.69 Å². The highest BCUT2D eigenvalue weighted by Gasteiger charge is 2.12. The van der Waals surface area contributed by atoms with Gasteiger partial charge in [0.15, 0.2) is 0 Å². The Bertz CT molecular complexity index is 597. The van der Waals surface area contributed by atoms with Crippen LogP contribution in [-0.4, -0.2) is 13.0 Å². The Morgan fingerprint density at radius 3 is 2.50 bits per heavy atom. The molecule has 0 aliphatic heterocycles. The second-order valence-corrected chi connectivity index (χ2v) is 4.56. The van der Waals surface area contributed by atoms with Gasteiger partial charge in [0.1, 0.15) is 5.75 Å². The van der Waals surface area contributed by atoms with Gasteiger partial charge in [0.2, 0.25) is 0 Å². The molecule has 0 heterocycles. The molecule has 0 spiro atoms. The number of anilines is 1. The fourth-order valence-electron chi connectivity index (χ4n) is 1.98. The zero-order valence-corrected chi connectivity index (χ0v) is 11.6. The van der Waals surface area contributed by atoms with Crippen LogP contribution < -0.4 is 15.8 Å². The molecule has 0 bridgehead atoms. The van der Waals surface area contributed by atoms with E-state index in [2.05, 4.69) is 5.32 Å². The number of hydrogen-bond donors (Lipinski definition) is 2. The number of methoxy groups -OCH3 is 1. The Morgan fingerprint density at radius 1 is 1.20 bits per heavy atom. The van der Waals surface area contributed by atoms with E-state index in [4.69, 9.17) is 10.5 Å². The van der Waals surface area contributed by atoms with Crippen LogP contribution in [0.3, 0.4) is 0 Å². The highest BCUT2D eigenvalue weighted by molar-refractivity contribution is 5.95. The lowest BCUT2D eigenvalue weighted by atomic mass is 10.1. The van der Waals surface area contributed by atoms with E-state index in [0.717, 1.165) is 5.56 Å². The lowest BCUT2D eigenvalue weighted by molar-refractivity contribution is 0.0940. The van der Waals surface area contributed by atoms with Crippen LogP contribution in [0.1, 0.15) is 28.9 Å². The molecule has 1 amide bonds. The lowest BCUT2D eigenvalue weighted by Crippen LogP contribution is -2.26. The number of rotatable bonds is 4. The van der Waals surface area contributed by atoms with Crippen LogP contribution >= 0.6 is 0 Å². The third-order valence-corrected chi connectivity index (χ3v) is 3.14. The smallest absolute Gasteiger partial charge is 0.251 e. The molecule has 2 aromatic carbocycles. The van der Waals surface area contributed by atoms with Crippen LogP contribution in [-0.2, 0) is 0 Å². The predicted octanol–water partition coefficient (Wildman–Crippen LogP) is 2.77. The zero-order chi connectivity index (χ0) is 14.5. The number of carbonyl (C=O) groups is 1. The highest BCUT2D eigenvalue weighted by Crippen LogP contribution is 2.22. The van der Waals surface area contributed by atoms with Crippen molar-refractivity contribution < 1.29 is 9.53 Å². The van der Waals surface area contributed by atoms with E-state index in [1.165, 1.54) is 0 Å². The van der Waals surface area contributed by atoms with Crippen LogP contribution in [0.5, 0.6) is 5.75 Å². The van der Waals surface area contributed by atoms with Gasteiger partial charge in [-0.25, -0.2) is 0 Å². The van der Waals surface area contributed by atoms with Crippen molar-refractivity contribution in [2.45, 2.75) is 13.0 Å². The average molecular weight is 270 g/mol. The maximum atomic E-state index is 12.2. The second kappa shape index (κ2) is 6.10. The molecule has 2 aromatic rings. The van der Waals surface area contributed by atoms with Crippen LogP contribution in [0.15, 0.2) is 48.5 Å². The third kappa shape index (κ3) is 3.09. The van der Waals surface area contributed by atoms with Crippen molar-refractivity contribution in [3.8, 4) is 5.75 Å². The maximum absolute atomic E-state index is 12.2. The average Bonchev–Trinajstić information content (AvgIpc) is 2.48. The molecule has 20 heavy (non-hydrogen) atoms. The summed E-state index contributed by atoms with van der Waals surface area (Å²) in [4.78, 5) is 12.2. The number of amides is 1. The van der Waals surface area contributed by atoms with Gasteiger partial charge < -0.3 is 15.8 Å². The number of hydrogen-bond acceptors (Lipinski definition) is 3. The Hall–Kier alpha value is -2.49. The maximum Gasteiger partial charge on any atom is 0.251 e. The number of benzene rings is 2. The molecule has 1 unspecified atom stereocenters. The molecule has 0 fully saturated rings. The van der Waals surface area contributed by atoms with Gasteiger partial charge in [-0.3, -0.25) is 4.79 Å². The van der Waals surface area contributed by atoms with Crippen molar-refractivity contribution in [1.82, 2.24) is 5.32 Å². The predicted molar refractivity (Wildman–Crippen MR) is 79.7 cm³/mol. The van der Waals surface area contributed by atoms with Gasteiger partial charge in [0.05, 0.1) is 18.8 Å². The zero-order valence-electron chi connectivity index (χ0n) is 11.6. The van der Waals surface area contributed by atoms with Crippen molar-refractivity contribution in [2.24, 2.45) is 0 Å². The lowest BCUT2D eigenvalue weighted by Gasteiger charge is -2.15. The minimum Gasteiger partial charge on any atom is -0.495 e. The molecule has 0 saturated heterocycles. The van der Waals surface area contributed by atoms with Crippen molar-refractivity contribution in [3.63, 3.8) is 0 Å². The van der Waals surface area contributed by atoms with Crippen LogP contribution in [0.2, 0.25) is 0 Å². The second-order valence-electron chi connectivity index (χ2n) is 4.56. The van der Waals surface area contributed by atoms with E-state index in [9.17, 15) is 4.79 Å². The summed E-state index contributed by atoms with van der Waals surface area (Å²) in [5.41, 5.74) is 7.84. The summed E-state index contributed by atoms with van der Waals surface area (Å²) >= 11 is 0. The molecular weight excluding hydrogens is 252 g/mol. The van der Waals surface area contributed by atoms with Crippen molar-refractivity contribution in [3.05, 3.63) is 59.7 Å². The van der Waals surface area contributed by atoms with Gasteiger partial charge in [-0.2, -0.15) is 0 Å². The number of nitrogens with two attached hydrogens (primary N) is 1. The van der Waals surface area contributed by atoms with Crippen molar-refractivity contribution in [2.75, 3.05) is 12.8 Å². The number of nitrogens with one attached hydrogen (secondary N) is 1. The first-order valence-electron chi connectivity index (χ1n) is 6.41. The van der Waals surface area contributed by atoms with Crippen LogP contribution in [0.25, 0.3) is 0 Å². The largest absolute Gasteiger partial charge is 0.495 e. The molecule has 0 saturated carbocycles. The summed E-state index contributed by atoms with van der Waals surface area (Å²) in [6, 6.07) is 14.7. The molecule has 2 rings (SSSR count). The molecule has 1 atom stereocenters. The summed E-state index contributed by atoms with van der Waals surface area (Å²) in [6.07, 6.45) is 0. The fourth-order valence-corrected chi connectivity index (χ4v) is 1.98. The molecule has 4 heteroatoms. The van der Waals surface area contributed by atoms with Gasteiger partial charge in [-0.05, 0) is 30.7 Å². The van der Waals surface area contributed by atoms with Crippen molar-refractivity contribution in [1.29, 1.82) is 0 Å². The monoisotopic (exact) mass is 270 g/mol. The fraction of sp³-hybridized carbons (Fsp3) is 0.188. The quantitative estimate of drug-likeness (QED) is 0.840. The molecule has 0 aromatic heterocycles. The number of carbonyl (C=O) groups excluding carboxylic acids is 1. The Labute approximate surface area is 118 Å². The standard InChI is InChI=1S/C16H18N2O2/c1-11(12-6-4-3-5-7-12)18-16(19)13-8-9-15(20-2)14(17)10-13/h3-11H,17H2,1-2H3,(H,18,19). The number of ether oxygens (including phenoxy) is 1. The summed E-state index contributed by atoms with van der Waals surface area (Å²) in [5, 5.41) is 2.94. The van der Waals surface area contributed by atoms with Gasteiger partial charge >= 0.3 is 0 Å². The Balaban J connectivity index is 2.10. The molecule has 4 nitrogen and oxygen atoms in total. The Kier molecular flexibility index (Phi) is 4.25. The van der Waals surface area contributed by atoms with Crippen LogP contribution in [0, 0.1) is 0 Å². The SMILES string of the molecule is COc1ccc(C(=O)NC(C)c2ccccc2)cc1N. The minimum atomic E-state index is -0.157. The van der Waals surface area contributed by atoms with E-state index < -0.39 is 0 Å². The summed E-state index contributed by atoms with van der Waals surface area (Å²) in [7, 11) is 1.54. The normalized spacial score (nSPS) is 11.7. The summed E-state index contributed by atoms with van der Waals surface area (Å²) in [6.45, 7) is 1.94. The molecular formula is C16H18N2O2. The van der Waals surface area contributed by atoms with Gasteiger partial charge in [0, 0.05) is 5.56 Å². The van der Waals surface area contributed by atoms with E-state index in [0.29, 0.717) is 17.0 Å². The van der Waals surface area contributed by atoms with Gasteiger partial charge in [0.25, 0.3) is 5.91 Å². The molecule has 0 aliphatic rings. The van der Waals surface area contributed by atoms with Gasteiger partial charge in [-0.15, -0.1) is 0 Å². The first kappa shape index (κ1) is 13.9. The van der Waals surface area contributed by atoms with E-state index >= 15 is 0 Å². The van der Waals surface area contributed by atoms with Gasteiger partial charge in [-0.1, -0.05) is 30.3 Å². The molecule has 3 N–H and O–H groups in total. The molecule has 0 aliphatic carbocycles. The molecule has 104 valence electrons. The Morgan fingerprint density at radius 2 is 1.90 bits per heavy atom. The van der Waals surface area contributed by atoms with E-state index in [1.54, 1.807) is 25.3 Å². The highest BCUT2D eigenvalue weighted by atomic mass is 16.5. The molecule has 0 radical (unpaired) electrons. The summed E-state index contributed by atoms with van der Waals surface area (Å²) < 4.78 is 5.07. The van der Waals surface area contributed by atoms with E-state index in [1.807, 2.05) is 37.3 Å². The number of nitrogen functional groups attached to an aromatic ring is 1. The third-order valence-electron chi connectivity index (χ3n) is 3.14. The summed E-state index contributed by atoms with van der Waals surface area (Å²) in [5.74, 6) is 0.411. The first-order valence-corrected chi connectivity index (χ1v) is 6.41.